The van der Waals surface area contributed by atoms with E-state index in [-0.39, 0.29) is 36.3 Å². The first-order valence-corrected chi connectivity index (χ1v) is 9.32. The van der Waals surface area contributed by atoms with Crippen LogP contribution in [0, 0.1) is 6.92 Å². The fraction of sp³-hybridized carbons (Fsp3) is 0.412. The van der Waals surface area contributed by atoms with E-state index in [1.807, 2.05) is 12.3 Å². The Morgan fingerprint density at radius 3 is 2.78 bits per heavy atom. The van der Waals surface area contributed by atoms with Gasteiger partial charge in [-0.05, 0) is 31.5 Å². The van der Waals surface area contributed by atoms with Crippen molar-refractivity contribution in [2.24, 2.45) is 4.99 Å². The van der Waals surface area contributed by atoms with Gasteiger partial charge in [0.1, 0.15) is 5.75 Å². The summed E-state index contributed by atoms with van der Waals surface area (Å²) in [6, 6.07) is 4.53. The Morgan fingerprint density at radius 1 is 1.37 bits per heavy atom. The number of hydrogen-bond acceptors (Lipinski definition) is 4. The Labute approximate surface area is 183 Å². The van der Waals surface area contributed by atoms with Gasteiger partial charge in [0.15, 0.2) is 5.96 Å². The maximum absolute atomic E-state index is 12.5. The molecule has 2 N–H and O–H groups in total. The highest BCUT2D eigenvalue weighted by atomic mass is 127. The molecule has 1 aromatic heterocycles. The fourth-order valence-electron chi connectivity index (χ4n) is 2.26. The van der Waals surface area contributed by atoms with E-state index in [4.69, 9.17) is 11.6 Å². The molecule has 27 heavy (non-hydrogen) atoms. The Morgan fingerprint density at radius 2 is 2.15 bits per heavy atom. The summed E-state index contributed by atoms with van der Waals surface area (Å²) in [4.78, 5) is 8.55. The summed E-state index contributed by atoms with van der Waals surface area (Å²) in [7, 11) is 1.65. The minimum atomic E-state index is -2.89. The number of thiazole rings is 1. The van der Waals surface area contributed by atoms with Gasteiger partial charge < -0.3 is 15.4 Å². The summed E-state index contributed by atoms with van der Waals surface area (Å²) in [6.45, 7) is 0.0653. The molecule has 1 heterocycles. The molecule has 0 saturated heterocycles. The summed E-state index contributed by atoms with van der Waals surface area (Å²) in [5.74, 6) is 0.662. The molecular formula is C17H22ClF2IN4OS. The minimum absolute atomic E-state index is 0. The van der Waals surface area contributed by atoms with E-state index in [1.54, 1.807) is 24.5 Å². The third-order valence-electron chi connectivity index (χ3n) is 3.43. The van der Waals surface area contributed by atoms with Gasteiger partial charge in [0.2, 0.25) is 0 Å². The molecule has 1 aromatic carbocycles. The van der Waals surface area contributed by atoms with Gasteiger partial charge in [0, 0.05) is 48.2 Å². The zero-order valence-electron chi connectivity index (χ0n) is 15.0. The molecule has 0 aliphatic rings. The van der Waals surface area contributed by atoms with Crippen LogP contribution < -0.4 is 15.4 Å². The number of hydrogen-bond donors (Lipinski definition) is 2. The summed E-state index contributed by atoms with van der Waals surface area (Å²) in [6.07, 6.45) is 1.80. The second-order valence-electron chi connectivity index (χ2n) is 5.47. The van der Waals surface area contributed by atoms with Crippen molar-refractivity contribution in [3.05, 3.63) is 44.9 Å². The Kier molecular flexibility index (Phi) is 10.9. The molecule has 0 radical (unpaired) electrons. The SMILES string of the molecule is CN=C(NCCCc1nc(C)cs1)NCc1cc(Cl)ccc1OC(F)F.I. The molecule has 0 bridgehead atoms. The van der Waals surface area contributed by atoms with Crippen molar-refractivity contribution in [1.29, 1.82) is 0 Å². The lowest BCUT2D eigenvalue weighted by Gasteiger charge is -2.14. The van der Waals surface area contributed by atoms with Crippen molar-refractivity contribution in [3.63, 3.8) is 0 Å². The second kappa shape index (κ2) is 12.3. The first kappa shape index (κ1) is 23.8. The molecule has 0 saturated carbocycles. The van der Waals surface area contributed by atoms with Crippen molar-refractivity contribution in [2.75, 3.05) is 13.6 Å². The smallest absolute Gasteiger partial charge is 0.387 e. The molecule has 150 valence electrons. The number of aromatic nitrogens is 1. The van der Waals surface area contributed by atoms with Crippen LogP contribution >= 0.6 is 46.9 Å². The molecular weight excluding hydrogens is 509 g/mol. The van der Waals surface area contributed by atoms with Crippen molar-refractivity contribution < 1.29 is 13.5 Å². The van der Waals surface area contributed by atoms with Gasteiger partial charge in [0.25, 0.3) is 0 Å². The summed E-state index contributed by atoms with van der Waals surface area (Å²) in [5, 5.41) is 9.85. The molecule has 0 unspecified atom stereocenters. The van der Waals surface area contributed by atoms with Gasteiger partial charge >= 0.3 is 6.61 Å². The van der Waals surface area contributed by atoms with Crippen LogP contribution in [-0.2, 0) is 13.0 Å². The van der Waals surface area contributed by atoms with E-state index in [9.17, 15) is 8.78 Å². The van der Waals surface area contributed by atoms with Crippen LogP contribution in [0.5, 0.6) is 5.75 Å². The Bertz CT molecular complexity index is 745. The number of alkyl halides is 2. The predicted molar refractivity (Wildman–Crippen MR) is 117 cm³/mol. The van der Waals surface area contributed by atoms with E-state index < -0.39 is 6.61 Å². The third kappa shape index (κ3) is 8.56. The summed E-state index contributed by atoms with van der Waals surface area (Å²) >= 11 is 7.60. The first-order valence-electron chi connectivity index (χ1n) is 8.06. The number of aliphatic imine (C=N–C) groups is 1. The zero-order chi connectivity index (χ0) is 18.9. The average molecular weight is 531 g/mol. The predicted octanol–water partition coefficient (Wildman–Crippen LogP) is 4.62. The van der Waals surface area contributed by atoms with E-state index in [0.29, 0.717) is 23.1 Å². The van der Waals surface area contributed by atoms with Crippen LogP contribution in [0.15, 0.2) is 28.6 Å². The lowest BCUT2D eigenvalue weighted by Crippen LogP contribution is -2.37. The van der Waals surface area contributed by atoms with E-state index in [2.05, 4.69) is 25.3 Å². The number of nitrogens with one attached hydrogen (secondary N) is 2. The lowest BCUT2D eigenvalue weighted by atomic mass is 10.2. The maximum atomic E-state index is 12.5. The van der Waals surface area contributed by atoms with Crippen molar-refractivity contribution in [1.82, 2.24) is 15.6 Å². The lowest BCUT2D eigenvalue weighted by molar-refractivity contribution is -0.0504. The van der Waals surface area contributed by atoms with Crippen LogP contribution in [0.25, 0.3) is 0 Å². The molecule has 5 nitrogen and oxygen atoms in total. The van der Waals surface area contributed by atoms with Crippen LogP contribution in [0.2, 0.25) is 5.02 Å². The van der Waals surface area contributed by atoms with Crippen LogP contribution in [0.4, 0.5) is 8.78 Å². The number of rotatable bonds is 8. The number of benzene rings is 1. The largest absolute Gasteiger partial charge is 0.434 e. The highest BCUT2D eigenvalue weighted by molar-refractivity contribution is 14.0. The molecule has 0 aliphatic carbocycles. The van der Waals surface area contributed by atoms with Crippen molar-refractivity contribution in [2.45, 2.75) is 32.9 Å². The average Bonchev–Trinajstić information content (AvgIpc) is 3.01. The van der Waals surface area contributed by atoms with Crippen LogP contribution in [0.1, 0.15) is 22.7 Å². The van der Waals surface area contributed by atoms with E-state index in [1.165, 1.54) is 12.1 Å². The summed E-state index contributed by atoms with van der Waals surface area (Å²) in [5.41, 5.74) is 1.57. The molecule has 2 aromatic rings. The number of nitrogens with zero attached hydrogens (tertiary/aromatic N) is 2. The first-order chi connectivity index (χ1) is 12.5. The molecule has 0 fully saturated rings. The van der Waals surface area contributed by atoms with Gasteiger partial charge in [-0.15, -0.1) is 35.3 Å². The molecule has 0 atom stereocenters. The fourth-order valence-corrected chi connectivity index (χ4v) is 3.27. The molecule has 10 heteroatoms. The van der Waals surface area contributed by atoms with Gasteiger partial charge in [0.05, 0.1) is 5.01 Å². The molecule has 2 rings (SSSR count). The van der Waals surface area contributed by atoms with E-state index >= 15 is 0 Å². The summed E-state index contributed by atoms with van der Waals surface area (Å²) < 4.78 is 29.5. The Hall–Kier alpha value is -1.20. The maximum Gasteiger partial charge on any atom is 0.387 e. The Balaban J connectivity index is 0.00000364. The van der Waals surface area contributed by atoms with E-state index in [0.717, 1.165) is 23.5 Å². The van der Waals surface area contributed by atoms with Gasteiger partial charge in [-0.25, -0.2) is 4.98 Å². The molecule has 0 aliphatic heterocycles. The zero-order valence-corrected chi connectivity index (χ0v) is 18.9. The van der Waals surface area contributed by atoms with Gasteiger partial charge in [-0.3, -0.25) is 4.99 Å². The number of aryl methyl sites for hydroxylation is 2. The third-order valence-corrected chi connectivity index (χ3v) is 4.70. The highest BCUT2D eigenvalue weighted by Crippen LogP contribution is 2.24. The molecule has 0 spiro atoms. The number of halogens is 4. The minimum Gasteiger partial charge on any atom is -0.434 e. The number of ether oxygens (including phenoxy) is 1. The second-order valence-corrected chi connectivity index (χ2v) is 6.85. The molecule has 0 amide bonds. The quantitative estimate of drug-likeness (QED) is 0.226. The number of guanidine groups is 1. The van der Waals surface area contributed by atoms with Crippen LogP contribution in [-0.4, -0.2) is 31.1 Å². The normalized spacial score (nSPS) is 11.3. The van der Waals surface area contributed by atoms with Crippen molar-refractivity contribution >= 4 is 52.9 Å². The van der Waals surface area contributed by atoms with Gasteiger partial charge in [-0.1, -0.05) is 11.6 Å². The van der Waals surface area contributed by atoms with Crippen molar-refractivity contribution in [3.8, 4) is 5.75 Å². The topological polar surface area (TPSA) is 58.5 Å². The standard InChI is InChI=1S/C17H21ClF2N4OS.HI/c1-11-10-26-15(24-11)4-3-7-22-17(21-2)23-9-12-8-13(18)5-6-14(12)25-16(19)20;/h5-6,8,10,16H,3-4,7,9H2,1-2H3,(H2,21,22,23);1H. The highest BCUT2D eigenvalue weighted by Gasteiger charge is 2.11. The van der Waals surface area contributed by atoms with Crippen LogP contribution in [0.3, 0.4) is 0 Å². The monoisotopic (exact) mass is 530 g/mol. The van der Waals surface area contributed by atoms with Gasteiger partial charge in [-0.2, -0.15) is 8.78 Å².